The number of sulfonamides is 1. The summed E-state index contributed by atoms with van der Waals surface area (Å²) in [5, 5.41) is 2.60. The lowest BCUT2D eigenvalue weighted by Gasteiger charge is -2.07. The Kier molecular flexibility index (Phi) is 7.17. The molecule has 1 aromatic rings. The zero-order chi connectivity index (χ0) is 14.8. The molecule has 0 atom stereocenters. The van der Waals surface area contributed by atoms with Crippen molar-refractivity contribution in [3.05, 3.63) is 30.1 Å². The molecule has 1 rings (SSSR count). The highest BCUT2D eigenvalue weighted by molar-refractivity contribution is 7.89. The zero-order valence-corrected chi connectivity index (χ0v) is 12.4. The Balaban J connectivity index is 2.26. The van der Waals surface area contributed by atoms with E-state index in [0.29, 0.717) is 6.42 Å². The predicted molar refractivity (Wildman–Crippen MR) is 77.4 cm³/mol. The number of carbonyl (C=O) groups is 1. The number of hydrogen-bond donors (Lipinski definition) is 2. The zero-order valence-electron chi connectivity index (χ0n) is 11.6. The monoisotopic (exact) mass is 299 g/mol. The van der Waals surface area contributed by atoms with Gasteiger partial charge in [-0.15, -0.1) is 0 Å². The molecule has 0 saturated heterocycles. The summed E-state index contributed by atoms with van der Waals surface area (Å²) in [6, 6.07) is 3.54. The van der Waals surface area contributed by atoms with Crippen LogP contribution in [0.25, 0.3) is 0 Å². The van der Waals surface area contributed by atoms with E-state index in [2.05, 4.69) is 15.0 Å². The maximum atomic E-state index is 11.7. The van der Waals surface area contributed by atoms with Gasteiger partial charge in [-0.25, -0.2) is 13.1 Å². The van der Waals surface area contributed by atoms with E-state index in [0.717, 1.165) is 18.4 Å². The number of rotatable bonds is 9. The van der Waals surface area contributed by atoms with Gasteiger partial charge in [0, 0.05) is 31.9 Å². The van der Waals surface area contributed by atoms with E-state index in [1.807, 2.05) is 6.92 Å². The van der Waals surface area contributed by atoms with Crippen molar-refractivity contribution in [2.24, 2.45) is 0 Å². The molecule has 2 N–H and O–H groups in total. The van der Waals surface area contributed by atoms with Gasteiger partial charge in [0.1, 0.15) is 0 Å². The Morgan fingerprint density at radius 3 is 2.85 bits per heavy atom. The van der Waals surface area contributed by atoms with Crippen LogP contribution in [0.1, 0.15) is 31.7 Å². The van der Waals surface area contributed by atoms with Crippen LogP contribution in [0.4, 0.5) is 0 Å². The molecule has 0 unspecified atom stereocenters. The van der Waals surface area contributed by atoms with Crippen molar-refractivity contribution in [2.45, 2.75) is 32.7 Å². The van der Waals surface area contributed by atoms with Gasteiger partial charge in [0.2, 0.25) is 15.9 Å². The highest BCUT2D eigenvalue weighted by Crippen LogP contribution is 1.96. The largest absolute Gasteiger partial charge is 0.355 e. The van der Waals surface area contributed by atoms with Gasteiger partial charge in [-0.1, -0.05) is 19.4 Å². The molecule has 112 valence electrons. The topological polar surface area (TPSA) is 88.2 Å². The van der Waals surface area contributed by atoms with Gasteiger partial charge in [0.25, 0.3) is 0 Å². The highest BCUT2D eigenvalue weighted by Gasteiger charge is 2.10. The summed E-state index contributed by atoms with van der Waals surface area (Å²) in [4.78, 5) is 15.2. The van der Waals surface area contributed by atoms with Gasteiger partial charge in [-0.2, -0.15) is 0 Å². The molecule has 6 nitrogen and oxygen atoms in total. The Bertz CT molecular complexity index is 503. The number of nitrogens with zero attached hydrogens (tertiary/aromatic N) is 1. The molecule has 20 heavy (non-hydrogen) atoms. The molecule has 1 aromatic heterocycles. The molecule has 0 radical (unpaired) electrons. The average molecular weight is 299 g/mol. The molecule has 0 aliphatic carbocycles. The minimum absolute atomic E-state index is 0.102. The maximum Gasteiger partial charge on any atom is 0.220 e. The average Bonchev–Trinajstić information content (AvgIpc) is 2.44. The van der Waals surface area contributed by atoms with Crippen LogP contribution in [0.15, 0.2) is 24.5 Å². The van der Waals surface area contributed by atoms with Gasteiger partial charge in [-0.05, 0) is 18.1 Å². The molecular weight excluding hydrogens is 278 g/mol. The summed E-state index contributed by atoms with van der Waals surface area (Å²) in [7, 11) is -3.39. The normalized spacial score (nSPS) is 11.2. The van der Waals surface area contributed by atoms with Gasteiger partial charge in [-0.3, -0.25) is 9.78 Å². The molecule has 1 heterocycles. The van der Waals surface area contributed by atoms with Crippen LogP contribution < -0.4 is 10.0 Å². The number of unbranched alkanes of at least 4 members (excludes halogenated alkanes) is 1. The van der Waals surface area contributed by atoms with E-state index in [1.165, 1.54) is 0 Å². The lowest BCUT2D eigenvalue weighted by Crippen LogP contribution is -2.34. The quantitative estimate of drug-likeness (QED) is 0.706. The Morgan fingerprint density at radius 1 is 1.40 bits per heavy atom. The molecule has 0 aliphatic rings. The third-order valence-electron chi connectivity index (χ3n) is 2.67. The number of aromatic nitrogens is 1. The molecule has 0 fully saturated rings. The number of nitrogens with one attached hydrogen (secondary N) is 2. The van der Waals surface area contributed by atoms with Gasteiger partial charge in [0.05, 0.1) is 5.75 Å². The van der Waals surface area contributed by atoms with Crippen LogP contribution >= 0.6 is 0 Å². The summed E-state index contributed by atoms with van der Waals surface area (Å²) in [6.07, 6.45) is 5.44. The van der Waals surface area contributed by atoms with Gasteiger partial charge < -0.3 is 5.32 Å². The molecule has 7 heteroatoms. The summed E-state index contributed by atoms with van der Waals surface area (Å²) < 4.78 is 25.9. The van der Waals surface area contributed by atoms with E-state index in [1.54, 1.807) is 24.5 Å². The minimum Gasteiger partial charge on any atom is -0.355 e. The van der Waals surface area contributed by atoms with Gasteiger partial charge in [0.15, 0.2) is 0 Å². The van der Waals surface area contributed by atoms with E-state index >= 15 is 0 Å². The smallest absolute Gasteiger partial charge is 0.220 e. The first kappa shape index (κ1) is 16.6. The van der Waals surface area contributed by atoms with Crippen LogP contribution in [0.2, 0.25) is 0 Å². The molecule has 1 amide bonds. The summed E-state index contributed by atoms with van der Waals surface area (Å²) >= 11 is 0. The molecule has 0 aliphatic heterocycles. The second kappa shape index (κ2) is 8.65. The third kappa shape index (κ3) is 7.20. The van der Waals surface area contributed by atoms with Crippen LogP contribution in [0, 0.1) is 0 Å². The predicted octanol–water partition coefficient (Wildman–Crippen LogP) is 0.807. The highest BCUT2D eigenvalue weighted by atomic mass is 32.2. The van der Waals surface area contributed by atoms with Gasteiger partial charge >= 0.3 is 0 Å². The van der Waals surface area contributed by atoms with Crippen molar-refractivity contribution in [2.75, 3.05) is 12.3 Å². The van der Waals surface area contributed by atoms with Crippen molar-refractivity contribution < 1.29 is 13.2 Å². The first-order chi connectivity index (χ1) is 9.53. The van der Waals surface area contributed by atoms with E-state index in [9.17, 15) is 13.2 Å². The Hall–Kier alpha value is -1.47. The minimum atomic E-state index is -3.39. The SMILES string of the molecule is CCCCC(=O)NCCS(=O)(=O)NCc1cccnc1. The summed E-state index contributed by atoms with van der Waals surface area (Å²) in [5.41, 5.74) is 0.794. The molecule has 0 aromatic carbocycles. The Morgan fingerprint density at radius 2 is 2.20 bits per heavy atom. The fourth-order valence-electron chi connectivity index (χ4n) is 1.52. The van der Waals surface area contributed by atoms with E-state index in [-0.39, 0.29) is 24.7 Å². The fourth-order valence-corrected chi connectivity index (χ4v) is 2.42. The van der Waals surface area contributed by atoms with Crippen molar-refractivity contribution in [3.63, 3.8) is 0 Å². The second-order valence-electron chi connectivity index (χ2n) is 4.45. The second-order valence-corrected chi connectivity index (χ2v) is 6.38. The van der Waals surface area contributed by atoms with Crippen molar-refractivity contribution >= 4 is 15.9 Å². The van der Waals surface area contributed by atoms with Crippen molar-refractivity contribution in [1.29, 1.82) is 0 Å². The number of hydrogen-bond acceptors (Lipinski definition) is 4. The summed E-state index contributed by atoms with van der Waals surface area (Å²) in [5.74, 6) is -0.222. The molecule has 0 spiro atoms. The molecule has 0 bridgehead atoms. The van der Waals surface area contributed by atoms with Crippen LogP contribution in [0.5, 0.6) is 0 Å². The van der Waals surface area contributed by atoms with E-state index in [4.69, 9.17) is 0 Å². The third-order valence-corrected chi connectivity index (χ3v) is 4.00. The standard InChI is InChI=1S/C13H21N3O3S/c1-2-3-6-13(17)15-8-9-20(18,19)16-11-12-5-4-7-14-10-12/h4-5,7,10,16H,2-3,6,8-9,11H2,1H3,(H,15,17). The summed E-state index contributed by atoms with van der Waals surface area (Å²) in [6.45, 7) is 2.34. The van der Waals surface area contributed by atoms with Crippen LogP contribution in [0.3, 0.4) is 0 Å². The first-order valence-corrected chi connectivity index (χ1v) is 8.31. The first-order valence-electron chi connectivity index (χ1n) is 6.66. The number of pyridine rings is 1. The number of carbonyl (C=O) groups excluding carboxylic acids is 1. The lowest BCUT2D eigenvalue weighted by atomic mass is 10.2. The van der Waals surface area contributed by atoms with Crippen LogP contribution in [-0.4, -0.2) is 31.6 Å². The van der Waals surface area contributed by atoms with Crippen molar-refractivity contribution in [1.82, 2.24) is 15.0 Å². The number of amides is 1. The molecular formula is C13H21N3O3S. The fraction of sp³-hybridized carbons (Fsp3) is 0.538. The van der Waals surface area contributed by atoms with Crippen LogP contribution in [-0.2, 0) is 21.4 Å². The maximum absolute atomic E-state index is 11.7. The van der Waals surface area contributed by atoms with Crippen molar-refractivity contribution in [3.8, 4) is 0 Å². The molecule has 0 saturated carbocycles. The lowest BCUT2D eigenvalue weighted by molar-refractivity contribution is -0.121. The Labute approximate surface area is 120 Å². The van der Waals surface area contributed by atoms with E-state index < -0.39 is 10.0 Å².